The van der Waals surface area contributed by atoms with Crippen LogP contribution in [0.5, 0.6) is 0 Å². The topological polar surface area (TPSA) is 75.2 Å². The van der Waals surface area contributed by atoms with Crippen molar-refractivity contribution in [2.45, 2.75) is 52.5 Å². The van der Waals surface area contributed by atoms with Crippen molar-refractivity contribution in [2.75, 3.05) is 11.9 Å². The maximum absolute atomic E-state index is 13.3. The lowest BCUT2D eigenvalue weighted by molar-refractivity contribution is -0.137. The molecule has 8 heteroatoms. The van der Waals surface area contributed by atoms with Crippen molar-refractivity contribution in [3.05, 3.63) is 64.6 Å². The van der Waals surface area contributed by atoms with Gasteiger partial charge in [-0.3, -0.25) is 9.59 Å². The molecule has 0 aliphatic carbocycles. The molecule has 0 saturated heterocycles. The summed E-state index contributed by atoms with van der Waals surface area (Å²) in [5.74, 6) is -0.0625. The molecule has 0 spiro atoms. The van der Waals surface area contributed by atoms with Crippen LogP contribution in [0.3, 0.4) is 0 Å². The first-order valence-corrected chi connectivity index (χ1v) is 13.3. The summed E-state index contributed by atoms with van der Waals surface area (Å²) in [6, 6.07) is 17.7. The third kappa shape index (κ3) is 7.74. The normalized spacial score (nSPS) is 11.7. The number of amides is 2. The highest BCUT2D eigenvalue weighted by molar-refractivity contribution is 9.10. The van der Waals surface area contributed by atoms with E-state index in [-0.39, 0.29) is 24.2 Å². The fourth-order valence-corrected chi connectivity index (χ4v) is 4.87. The van der Waals surface area contributed by atoms with Crippen LogP contribution in [-0.2, 0) is 16.1 Å². The molecule has 2 aromatic carbocycles. The highest BCUT2D eigenvalue weighted by atomic mass is 79.9. The molecule has 0 saturated carbocycles. The number of hydrogen-bond donors (Lipinski definition) is 1. The minimum Gasteiger partial charge on any atom is -0.338 e. The summed E-state index contributed by atoms with van der Waals surface area (Å²) in [6.07, 6.45) is 3.98. The summed E-state index contributed by atoms with van der Waals surface area (Å²) in [5.41, 5.74) is 1.99. The third-order valence-corrected chi connectivity index (χ3v) is 7.01. The first-order valence-electron chi connectivity index (χ1n) is 11.7. The predicted molar refractivity (Wildman–Crippen MR) is 141 cm³/mol. The van der Waals surface area contributed by atoms with Crippen LogP contribution in [0.25, 0.3) is 10.6 Å². The lowest BCUT2D eigenvalue weighted by Gasteiger charge is -2.27. The third-order valence-electron chi connectivity index (χ3n) is 5.63. The van der Waals surface area contributed by atoms with Gasteiger partial charge in [0.1, 0.15) is 5.01 Å². The number of aromatic nitrogens is 2. The lowest BCUT2D eigenvalue weighted by Crippen LogP contribution is -2.37. The summed E-state index contributed by atoms with van der Waals surface area (Å²) >= 11 is 4.79. The molecule has 3 rings (SSSR count). The Kier molecular flexibility index (Phi) is 10.2. The van der Waals surface area contributed by atoms with E-state index >= 15 is 0 Å². The van der Waals surface area contributed by atoms with Gasteiger partial charge in [-0.25, -0.2) is 0 Å². The van der Waals surface area contributed by atoms with Gasteiger partial charge in [-0.15, -0.1) is 10.2 Å². The molecule has 3 aromatic rings. The number of nitrogens with one attached hydrogen (secondary N) is 1. The van der Waals surface area contributed by atoms with Crippen molar-refractivity contribution >= 4 is 44.2 Å². The van der Waals surface area contributed by atoms with Gasteiger partial charge in [-0.05, 0) is 30.5 Å². The zero-order valence-electron chi connectivity index (χ0n) is 19.7. The summed E-state index contributed by atoms with van der Waals surface area (Å²) in [4.78, 5) is 27.8. The van der Waals surface area contributed by atoms with E-state index in [1.54, 1.807) is 0 Å². The predicted octanol–water partition coefficient (Wildman–Crippen LogP) is 6.54. The molecule has 0 aliphatic rings. The molecule has 0 bridgehead atoms. The Morgan fingerprint density at radius 3 is 2.59 bits per heavy atom. The van der Waals surface area contributed by atoms with Crippen LogP contribution >= 0.6 is 27.3 Å². The molecule has 1 aromatic heterocycles. The molecule has 1 heterocycles. The Hall–Kier alpha value is -2.58. The van der Waals surface area contributed by atoms with Crippen molar-refractivity contribution in [3.63, 3.8) is 0 Å². The summed E-state index contributed by atoms with van der Waals surface area (Å²) in [5, 5.41) is 12.3. The minimum absolute atomic E-state index is 0.0114. The molecule has 0 fully saturated rings. The molecule has 2 amide bonds. The number of halogens is 1. The van der Waals surface area contributed by atoms with Crippen LogP contribution in [-0.4, -0.2) is 33.5 Å². The van der Waals surface area contributed by atoms with Crippen LogP contribution < -0.4 is 5.32 Å². The van der Waals surface area contributed by atoms with Crippen molar-refractivity contribution in [1.82, 2.24) is 15.1 Å². The van der Waals surface area contributed by atoms with Crippen molar-refractivity contribution in [1.29, 1.82) is 0 Å². The molecule has 1 atom stereocenters. The highest BCUT2D eigenvalue weighted by Gasteiger charge is 2.23. The molecule has 34 heavy (non-hydrogen) atoms. The molecule has 0 radical (unpaired) electrons. The number of carbonyl (C=O) groups is 2. The van der Waals surface area contributed by atoms with Crippen LogP contribution in [0.2, 0.25) is 0 Å². The Bertz CT molecular complexity index is 1070. The zero-order chi connectivity index (χ0) is 24.3. The molecule has 1 unspecified atom stereocenters. The van der Waals surface area contributed by atoms with E-state index in [0.717, 1.165) is 46.3 Å². The van der Waals surface area contributed by atoms with Gasteiger partial charge in [0, 0.05) is 35.5 Å². The first-order chi connectivity index (χ1) is 16.5. The van der Waals surface area contributed by atoms with Gasteiger partial charge in [-0.2, -0.15) is 0 Å². The number of rotatable bonds is 12. The summed E-state index contributed by atoms with van der Waals surface area (Å²) in [6.45, 7) is 5.06. The fraction of sp³-hybridized carbons (Fsp3) is 0.385. The van der Waals surface area contributed by atoms with Crippen molar-refractivity contribution < 1.29 is 9.59 Å². The van der Waals surface area contributed by atoms with Crippen LogP contribution in [0, 0.1) is 5.92 Å². The van der Waals surface area contributed by atoms with Gasteiger partial charge in [0.2, 0.25) is 16.9 Å². The molecule has 6 nitrogen and oxygen atoms in total. The number of carbonyl (C=O) groups excluding carboxylic acids is 2. The molecular formula is C26H31BrN4O2S. The van der Waals surface area contributed by atoms with Gasteiger partial charge in [0.15, 0.2) is 0 Å². The standard InChI is InChI=1S/C26H31BrN4O2S/c1-3-5-12-20(4-2)25(33)31(18-19-10-7-6-8-11-19)16-15-23(32)28-26-30-29-24(34-26)21-13-9-14-22(27)17-21/h6-11,13-14,17,20H,3-5,12,15-16,18H2,1-2H3,(H,28,30,32). The maximum Gasteiger partial charge on any atom is 0.227 e. The van der Waals surface area contributed by atoms with Gasteiger partial charge in [-0.1, -0.05) is 96.4 Å². The second-order valence-electron chi connectivity index (χ2n) is 8.21. The van der Waals surface area contributed by atoms with E-state index in [1.165, 1.54) is 11.3 Å². The van der Waals surface area contributed by atoms with Crippen molar-refractivity contribution in [2.24, 2.45) is 5.92 Å². The summed E-state index contributed by atoms with van der Waals surface area (Å²) in [7, 11) is 0. The van der Waals surface area contributed by atoms with Crippen LogP contribution in [0.4, 0.5) is 5.13 Å². The van der Waals surface area contributed by atoms with E-state index in [4.69, 9.17) is 0 Å². The maximum atomic E-state index is 13.3. The lowest BCUT2D eigenvalue weighted by atomic mass is 9.97. The number of nitrogens with zero attached hydrogens (tertiary/aromatic N) is 3. The van der Waals surface area contributed by atoms with Crippen LogP contribution in [0.15, 0.2) is 59.1 Å². The Morgan fingerprint density at radius 2 is 1.88 bits per heavy atom. The number of benzene rings is 2. The first kappa shape index (κ1) is 26.0. The Balaban J connectivity index is 1.63. The molecule has 180 valence electrons. The van der Waals surface area contributed by atoms with Gasteiger partial charge in [0.25, 0.3) is 0 Å². The van der Waals surface area contributed by atoms with E-state index in [0.29, 0.717) is 18.2 Å². The van der Waals surface area contributed by atoms with Crippen LogP contribution in [0.1, 0.15) is 51.5 Å². The second kappa shape index (κ2) is 13.3. The summed E-state index contributed by atoms with van der Waals surface area (Å²) < 4.78 is 0.957. The monoisotopic (exact) mass is 542 g/mol. The number of anilines is 1. The number of hydrogen-bond acceptors (Lipinski definition) is 5. The highest BCUT2D eigenvalue weighted by Crippen LogP contribution is 2.28. The van der Waals surface area contributed by atoms with E-state index < -0.39 is 0 Å². The van der Waals surface area contributed by atoms with Gasteiger partial charge in [0.05, 0.1) is 0 Å². The van der Waals surface area contributed by atoms with Gasteiger partial charge < -0.3 is 10.2 Å². The smallest absolute Gasteiger partial charge is 0.227 e. The zero-order valence-corrected chi connectivity index (χ0v) is 22.1. The Morgan fingerprint density at radius 1 is 1.09 bits per heavy atom. The Labute approximate surface area is 213 Å². The molecule has 0 aliphatic heterocycles. The van der Waals surface area contributed by atoms with E-state index in [2.05, 4.69) is 45.3 Å². The molecule has 1 N–H and O–H groups in total. The molecular weight excluding hydrogens is 512 g/mol. The van der Waals surface area contributed by atoms with E-state index in [1.807, 2.05) is 59.5 Å². The average Bonchev–Trinajstić information content (AvgIpc) is 3.31. The van der Waals surface area contributed by atoms with Crippen molar-refractivity contribution in [3.8, 4) is 10.6 Å². The van der Waals surface area contributed by atoms with Gasteiger partial charge >= 0.3 is 0 Å². The fourth-order valence-electron chi connectivity index (χ4n) is 3.71. The second-order valence-corrected chi connectivity index (χ2v) is 10.1. The minimum atomic E-state index is -0.176. The number of unbranched alkanes of at least 4 members (excludes halogenated alkanes) is 1. The quantitative estimate of drug-likeness (QED) is 0.282. The largest absolute Gasteiger partial charge is 0.338 e. The SMILES string of the molecule is CCCCC(CC)C(=O)N(CCC(=O)Nc1nnc(-c2cccc(Br)c2)s1)Cc1ccccc1. The van der Waals surface area contributed by atoms with E-state index in [9.17, 15) is 9.59 Å². The average molecular weight is 544 g/mol.